The molecule has 0 saturated carbocycles. The molecule has 20 heavy (non-hydrogen) atoms. The highest BCUT2D eigenvalue weighted by atomic mass is 32.1. The first kappa shape index (κ1) is 12.7. The molecule has 0 aliphatic rings. The van der Waals surface area contributed by atoms with Crippen molar-refractivity contribution in [2.24, 2.45) is 0 Å². The molecule has 1 N–H and O–H groups in total. The van der Waals surface area contributed by atoms with Gasteiger partial charge in [0.1, 0.15) is 16.3 Å². The van der Waals surface area contributed by atoms with Crippen LogP contribution >= 0.6 is 11.3 Å². The number of aromatic amines is 1. The molecule has 0 atom stereocenters. The van der Waals surface area contributed by atoms with E-state index in [9.17, 15) is 9.59 Å². The van der Waals surface area contributed by atoms with Gasteiger partial charge in [-0.05, 0) is 19.4 Å². The highest BCUT2D eigenvalue weighted by Crippen LogP contribution is 2.25. The molecule has 0 radical (unpaired) electrons. The van der Waals surface area contributed by atoms with Crippen molar-refractivity contribution in [1.82, 2.24) is 19.5 Å². The maximum absolute atomic E-state index is 12.1. The first-order chi connectivity index (χ1) is 9.58. The van der Waals surface area contributed by atoms with Gasteiger partial charge in [-0.2, -0.15) is 0 Å². The third-order valence-corrected chi connectivity index (χ3v) is 4.30. The number of imidazole rings is 1. The van der Waals surface area contributed by atoms with E-state index in [-0.39, 0.29) is 5.56 Å². The molecule has 3 aromatic rings. The molecule has 102 valence electrons. The molecule has 0 bridgehead atoms. The SMILES string of the molecule is Cc1sc2nc(Cn3cnc(C=O)c3)[nH]c(=O)c2c1C. The minimum Gasteiger partial charge on any atom is -0.329 e. The zero-order valence-corrected chi connectivity index (χ0v) is 11.8. The van der Waals surface area contributed by atoms with Crippen LogP contribution in [0.25, 0.3) is 10.2 Å². The summed E-state index contributed by atoms with van der Waals surface area (Å²) in [7, 11) is 0. The predicted octanol–water partition coefficient (Wildman–Crippen LogP) is 1.66. The molecule has 7 heteroatoms. The van der Waals surface area contributed by atoms with E-state index in [2.05, 4.69) is 15.0 Å². The summed E-state index contributed by atoms with van der Waals surface area (Å²) < 4.78 is 1.71. The van der Waals surface area contributed by atoms with Crippen molar-refractivity contribution in [3.05, 3.63) is 44.8 Å². The van der Waals surface area contributed by atoms with Crippen molar-refractivity contribution in [3.8, 4) is 0 Å². The van der Waals surface area contributed by atoms with Crippen molar-refractivity contribution in [1.29, 1.82) is 0 Å². The summed E-state index contributed by atoms with van der Waals surface area (Å²) in [5.74, 6) is 0.554. The van der Waals surface area contributed by atoms with Crippen LogP contribution in [0.15, 0.2) is 17.3 Å². The minimum atomic E-state index is -0.123. The van der Waals surface area contributed by atoms with Crippen LogP contribution in [-0.4, -0.2) is 25.8 Å². The molecule has 3 heterocycles. The Morgan fingerprint density at radius 2 is 2.25 bits per heavy atom. The Balaban J connectivity index is 2.04. The van der Waals surface area contributed by atoms with Gasteiger partial charge in [-0.1, -0.05) is 0 Å². The van der Waals surface area contributed by atoms with Crippen LogP contribution in [0.3, 0.4) is 0 Å². The maximum atomic E-state index is 12.1. The van der Waals surface area contributed by atoms with Crippen LogP contribution in [0.4, 0.5) is 0 Å². The molecule has 3 aromatic heterocycles. The summed E-state index contributed by atoms with van der Waals surface area (Å²) in [6.45, 7) is 4.28. The Labute approximate surface area is 118 Å². The Hall–Kier alpha value is -2.28. The highest BCUT2D eigenvalue weighted by molar-refractivity contribution is 7.18. The van der Waals surface area contributed by atoms with Gasteiger partial charge < -0.3 is 9.55 Å². The van der Waals surface area contributed by atoms with Gasteiger partial charge >= 0.3 is 0 Å². The summed E-state index contributed by atoms with van der Waals surface area (Å²) in [4.78, 5) is 35.7. The van der Waals surface area contributed by atoms with Crippen molar-refractivity contribution in [3.63, 3.8) is 0 Å². The third kappa shape index (κ3) is 2.05. The Morgan fingerprint density at radius 1 is 1.45 bits per heavy atom. The second-order valence-electron chi connectivity index (χ2n) is 4.56. The fourth-order valence-corrected chi connectivity index (χ4v) is 3.12. The van der Waals surface area contributed by atoms with Crippen LogP contribution in [0.1, 0.15) is 26.8 Å². The number of fused-ring (bicyclic) bond motifs is 1. The van der Waals surface area contributed by atoms with E-state index in [1.807, 2.05) is 13.8 Å². The number of aldehydes is 1. The lowest BCUT2D eigenvalue weighted by Gasteiger charge is -2.01. The first-order valence-electron chi connectivity index (χ1n) is 6.04. The molecule has 6 nitrogen and oxygen atoms in total. The van der Waals surface area contributed by atoms with Crippen molar-refractivity contribution < 1.29 is 4.79 Å². The lowest BCUT2D eigenvalue weighted by molar-refractivity contribution is 0.111. The number of rotatable bonds is 3. The standard InChI is InChI=1S/C13H12N4O2S/c1-7-8(2)20-13-11(7)12(19)15-10(16-13)4-17-3-9(5-18)14-6-17/h3,5-6H,4H2,1-2H3,(H,15,16,19). The van der Waals surface area contributed by atoms with E-state index in [0.29, 0.717) is 29.7 Å². The van der Waals surface area contributed by atoms with Gasteiger partial charge in [-0.3, -0.25) is 9.59 Å². The van der Waals surface area contributed by atoms with Gasteiger partial charge in [-0.25, -0.2) is 9.97 Å². The molecule has 0 fully saturated rings. The third-order valence-electron chi connectivity index (χ3n) is 3.19. The molecule has 0 spiro atoms. The van der Waals surface area contributed by atoms with E-state index in [0.717, 1.165) is 15.3 Å². The van der Waals surface area contributed by atoms with Crippen LogP contribution in [0, 0.1) is 13.8 Å². The molecule has 0 amide bonds. The lowest BCUT2D eigenvalue weighted by Crippen LogP contribution is -2.13. The van der Waals surface area contributed by atoms with Crippen LogP contribution < -0.4 is 5.56 Å². The van der Waals surface area contributed by atoms with Gasteiger partial charge in [-0.15, -0.1) is 11.3 Å². The molecule has 0 aliphatic heterocycles. The number of thiophene rings is 1. The van der Waals surface area contributed by atoms with Gasteiger partial charge in [0.15, 0.2) is 6.29 Å². The van der Waals surface area contributed by atoms with Crippen LogP contribution in [0.5, 0.6) is 0 Å². The average Bonchev–Trinajstić information content (AvgIpc) is 2.95. The zero-order chi connectivity index (χ0) is 14.3. The Bertz CT molecular complexity index is 859. The van der Waals surface area contributed by atoms with Crippen LogP contribution in [-0.2, 0) is 6.54 Å². The average molecular weight is 288 g/mol. The Morgan fingerprint density at radius 3 is 2.95 bits per heavy atom. The van der Waals surface area contributed by atoms with E-state index in [4.69, 9.17) is 0 Å². The second-order valence-corrected chi connectivity index (χ2v) is 5.77. The predicted molar refractivity (Wildman–Crippen MR) is 76.4 cm³/mol. The number of aromatic nitrogens is 4. The smallest absolute Gasteiger partial charge is 0.259 e. The second kappa shape index (κ2) is 4.68. The number of H-pyrrole nitrogens is 1. The first-order valence-corrected chi connectivity index (χ1v) is 6.86. The molecule has 0 unspecified atom stereocenters. The molecular formula is C13H12N4O2S. The highest BCUT2D eigenvalue weighted by Gasteiger charge is 2.12. The zero-order valence-electron chi connectivity index (χ0n) is 11.0. The van der Waals surface area contributed by atoms with Gasteiger partial charge in [0, 0.05) is 11.1 Å². The number of aryl methyl sites for hydroxylation is 2. The molecule has 0 saturated heterocycles. The molecule has 0 aromatic carbocycles. The monoisotopic (exact) mass is 288 g/mol. The van der Waals surface area contributed by atoms with E-state index in [1.54, 1.807) is 17.1 Å². The quantitative estimate of drug-likeness (QED) is 0.743. The summed E-state index contributed by atoms with van der Waals surface area (Å²) in [6, 6.07) is 0. The molecule has 0 aliphatic carbocycles. The number of nitrogens with one attached hydrogen (secondary N) is 1. The van der Waals surface area contributed by atoms with Crippen molar-refractivity contribution >= 4 is 27.8 Å². The van der Waals surface area contributed by atoms with Gasteiger partial charge in [0.25, 0.3) is 5.56 Å². The summed E-state index contributed by atoms with van der Waals surface area (Å²) in [5, 5.41) is 0.662. The number of hydrogen-bond donors (Lipinski definition) is 1. The largest absolute Gasteiger partial charge is 0.329 e. The topological polar surface area (TPSA) is 80.6 Å². The van der Waals surface area contributed by atoms with Gasteiger partial charge in [0.05, 0.1) is 18.3 Å². The summed E-state index contributed by atoms with van der Waals surface area (Å²) >= 11 is 1.52. The number of nitrogens with zero attached hydrogens (tertiary/aromatic N) is 3. The number of carbonyl (C=O) groups is 1. The Kier molecular flexibility index (Phi) is 2.98. The fraction of sp³-hybridized carbons (Fsp3) is 0.231. The van der Waals surface area contributed by atoms with Crippen molar-refractivity contribution in [2.75, 3.05) is 0 Å². The van der Waals surface area contributed by atoms with E-state index < -0.39 is 0 Å². The fourth-order valence-electron chi connectivity index (χ4n) is 2.07. The van der Waals surface area contributed by atoms with Gasteiger partial charge in [0.2, 0.25) is 0 Å². The lowest BCUT2D eigenvalue weighted by atomic mass is 10.2. The van der Waals surface area contributed by atoms with Crippen molar-refractivity contribution in [2.45, 2.75) is 20.4 Å². The molecular weight excluding hydrogens is 276 g/mol. The summed E-state index contributed by atoms with van der Waals surface area (Å²) in [6.07, 6.45) is 3.84. The van der Waals surface area contributed by atoms with E-state index >= 15 is 0 Å². The normalized spacial score (nSPS) is 11.1. The van der Waals surface area contributed by atoms with Crippen LogP contribution in [0.2, 0.25) is 0 Å². The minimum absolute atomic E-state index is 0.123. The number of hydrogen-bond acceptors (Lipinski definition) is 5. The van der Waals surface area contributed by atoms with E-state index in [1.165, 1.54) is 11.3 Å². The molecule has 3 rings (SSSR count). The maximum Gasteiger partial charge on any atom is 0.259 e. The summed E-state index contributed by atoms with van der Waals surface area (Å²) in [5.41, 5.74) is 1.22. The number of carbonyl (C=O) groups excluding carboxylic acids is 1.